The Kier molecular flexibility index (Phi) is 4.63. The Morgan fingerprint density at radius 3 is 2.50 bits per heavy atom. The number of pyridine rings is 1. The lowest BCUT2D eigenvalue weighted by Gasteiger charge is -2.14. The Balaban J connectivity index is 2.24. The van der Waals surface area contributed by atoms with Crippen LogP contribution >= 0.6 is 11.6 Å². The molecule has 1 unspecified atom stereocenters. The zero-order chi connectivity index (χ0) is 14.7. The number of aromatic nitrogens is 1. The normalized spacial score (nSPS) is 12.7. The summed E-state index contributed by atoms with van der Waals surface area (Å²) in [5.41, 5.74) is 8.37. The van der Waals surface area contributed by atoms with Gasteiger partial charge in [-0.05, 0) is 29.5 Å². The number of aliphatic hydroxyl groups is 1. The van der Waals surface area contributed by atoms with Crippen LogP contribution in [-0.2, 0) is 6.42 Å². The molecule has 1 heterocycles. The first-order chi connectivity index (χ1) is 9.47. The molecule has 1 atom stereocenters. The molecule has 0 fully saturated rings. The van der Waals surface area contributed by atoms with E-state index in [4.69, 9.17) is 17.3 Å². The molecular formula is C16H19ClN2O. The quantitative estimate of drug-likeness (QED) is 0.904. The van der Waals surface area contributed by atoms with E-state index in [1.165, 1.54) is 11.8 Å². The second-order valence-corrected chi connectivity index (χ2v) is 5.81. The summed E-state index contributed by atoms with van der Waals surface area (Å²) < 4.78 is 0. The van der Waals surface area contributed by atoms with Gasteiger partial charge < -0.3 is 10.8 Å². The van der Waals surface area contributed by atoms with Crippen molar-refractivity contribution in [1.29, 1.82) is 0 Å². The highest BCUT2D eigenvalue weighted by molar-refractivity contribution is 6.30. The van der Waals surface area contributed by atoms with Crippen LogP contribution in [0.2, 0.25) is 5.02 Å². The monoisotopic (exact) mass is 290 g/mol. The highest BCUT2D eigenvalue weighted by atomic mass is 35.5. The highest BCUT2D eigenvalue weighted by Gasteiger charge is 2.15. The maximum absolute atomic E-state index is 10.4. The second kappa shape index (κ2) is 6.25. The van der Waals surface area contributed by atoms with Crippen LogP contribution in [-0.4, -0.2) is 10.1 Å². The van der Waals surface area contributed by atoms with Crippen molar-refractivity contribution < 1.29 is 5.11 Å². The fraction of sp³-hybridized carbons (Fsp3) is 0.312. The molecule has 106 valence electrons. The molecule has 1 aromatic carbocycles. The van der Waals surface area contributed by atoms with Gasteiger partial charge in [-0.25, -0.2) is 4.98 Å². The van der Waals surface area contributed by atoms with Gasteiger partial charge in [-0.2, -0.15) is 0 Å². The lowest BCUT2D eigenvalue weighted by atomic mass is 9.98. The number of hydrogen-bond acceptors (Lipinski definition) is 3. The molecule has 0 spiro atoms. The molecule has 0 saturated carbocycles. The fourth-order valence-electron chi connectivity index (χ4n) is 2.17. The average Bonchev–Trinajstić information content (AvgIpc) is 2.41. The minimum Gasteiger partial charge on any atom is -0.384 e. The smallest absolute Gasteiger partial charge is 0.129 e. The van der Waals surface area contributed by atoms with Crippen LogP contribution in [0.1, 0.15) is 36.6 Å². The third-order valence-electron chi connectivity index (χ3n) is 3.15. The van der Waals surface area contributed by atoms with Gasteiger partial charge in [-0.3, -0.25) is 0 Å². The zero-order valence-corrected chi connectivity index (χ0v) is 12.4. The van der Waals surface area contributed by atoms with Crippen LogP contribution in [0.4, 0.5) is 5.82 Å². The molecule has 0 radical (unpaired) electrons. The fourth-order valence-corrected chi connectivity index (χ4v) is 2.34. The minimum atomic E-state index is -0.811. The molecular weight excluding hydrogens is 272 g/mol. The zero-order valence-electron chi connectivity index (χ0n) is 11.7. The number of benzene rings is 1. The number of rotatable bonds is 4. The van der Waals surface area contributed by atoms with E-state index in [9.17, 15) is 5.11 Å². The Hall–Kier alpha value is -1.58. The standard InChI is InChI=1S/C16H19ClN2O/c1-10(2)7-11-3-5-12(6-4-11)15(20)14-8-13(17)9-19-16(14)18/h3-6,8-10,15,20H,7H2,1-2H3,(H2,18,19). The number of nitrogens with zero attached hydrogens (tertiary/aromatic N) is 1. The summed E-state index contributed by atoms with van der Waals surface area (Å²) in [4.78, 5) is 3.97. The van der Waals surface area contributed by atoms with E-state index in [-0.39, 0.29) is 0 Å². The van der Waals surface area contributed by atoms with Gasteiger partial charge in [0, 0.05) is 11.8 Å². The third-order valence-corrected chi connectivity index (χ3v) is 3.36. The number of nitrogen functional groups attached to an aromatic ring is 1. The predicted molar refractivity (Wildman–Crippen MR) is 82.7 cm³/mol. The summed E-state index contributed by atoms with van der Waals surface area (Å²) in [5, 5.41) is 10.9. The van der Waals surface area contributed by atoms with E-state index < -0.39 is 6.10 Å². The van der Waals surface area contributed by atoms with E-state index in [1.54, 1.807) is 6.07 Å². The summed E-state index contributed by atoms with van der Waals surface area (Å²) in [6.07, 6.45) is 1.69. The SMILES string of the molecule is CC(C)Cc1ccc(C(O)c2cc(Cl)cnc2N)cc1. The summed E-state index contributed by atoms with van der Waals surface area (Å²) in [6.45, 7) is 4.36. The van der Waals surface area contributed by atoms with Crippen molar-refractivity contribution in [2.45, 2.75) is 26.4 Å². The lowest BCUT2D eigenvalue weighted by Crippen LogP contribution is -2.05. The Labute approximate surface area is 124 Å². The largest absolute Gasteiger partial charge is 0.384 e. The van der Waals surface area contributed by atoms with Crippen molar-refractivity contribution in [2.75, 3.05) is 5.73 Å². The molecule has 20 heavy (non-hydrogen) atoms. The number of halogens is 1. The number of aliphatic hydroxyl groups excluding tert-OH is 1. The van der Waals surface area contributed by atoms with Gasteiger partial charge in [0.25, 0.3) is 0 Å². The van der Waals surface area contributed by atoms with Gasteiger partial charge in [0.15, 0.2) is 0 Å². The van der Waals surface area contributed by atoms with Crippen LogP contribution in [0.3, 0.4) is 0 Å². The summed E-state index contributed by atoms with van der Waals surface area (Å²) in [7, 11) is 0. The van der Waals surface area contributed by atoms with Crippen LogP contribution in [0, 0.1) is 5.92 Å². The maximum atomic E-state index is 10.4. The van der Waals surface area contributed by atoms with Gasteiger partial charge in [-0.1, -0.05) is 49.7 Å². The molecule has 2 rings (SSSR count). The van der Waals surface area contributed by atoms with Crippen molar-refractivity contribution in [1.82, 2.24) is 4.98 Å². The summed E-state index contributed by atoms with van der Waals surface area (Å²) in [6, 6.07) is 9.56. The molecule has 3 nitrogen and oxygen atoms in total. The molecule has 0 saturated heterocycles. The maximum Gasteiger partial charge on any atom is 0.129 e. The summed E-state index contributed by atoms with van der Waals surface area (Å²) >= 11 is 5.90. The Bertz CT molecular complexity index is 582. The van der Waals surface area contributed by atoms with Crippen molar-refractivity contribution in [3.8, 4) is 0 Å². The Morgan fingerprint density at radius 2 is 1.90 bits per heavy atom. The average molecular weight is 291 g/mol. The molecule has 0 aliphatic rings. The van der Waals surface area contributed by atoms with Crippen LogP contribution in [0.25, 0.3) is 0 Å². The van der Waals surface area contributed by atoms with E-state index >= 15 is 0 Å². The Morgan fingerprint density at radius 1 is 1.25 bits per heavy atom. The molecule has 4 heteroatoms. The van der Waals surface area contributed by atoms with Gasteiger partial charge in [0.2, 0.25) is 0 Å². The number of hydrogen-bond donors (Lipinski definition) is 2. The molecule has 2 aromatic rings. The van der Waals surface area contributed by atoms with Crippen molar-refractivity contribution in [3.63, 3.8) is 0 Å². The van der Waals surface area contributed by atoms with E-state index in [0.717, 1.165) is 12.0 Å². The van der Waals surface area contributed by atoms with E-state index in [2.05, 4.69) is 18.8 Å². The van der Waals surface area contributed by atoms with Gasteiger partial charge in [0.1, 0.15) is 11.9 Å². The van der Waals surface area contributed by atoms with Gasteiger partial charge in [0.05, 0.1) is 5.02 Å². The first-order valence-corrected chi connectivity index (χ1v) is 7.03. The van der Waals surface area contributed by atoms with Crippen LogP contribution < -0.4 is 5.73 Å². The molecule has 1 aromatic heterocycles. The van der Waals surface area contributed by atoms with Crippen LogP contribution in [0.15, 0.2) is 36.5 Å². The number of anilines is 1. The molecule has 0 amide bonds. The molecule has 0 aliphatic carbocycles. The van der Waals surface area contributed by atoms with E-state index in [1.807, 2.05) is 24.3 Å². The molecule has 3 N–H and O–H groups in total. The topological polar surface area (TPSA) is 59.1 Å². The van der Waals surface area contributed by atoms with Crippen molar-refractivity contribution >= 4 is 17.4 Å². The van der Waals surface area contributed by atoms with Gasteiger partial charge >= 0.3 is 0 Å². The third kappa shape index (κ3) is 3.50. The van der Waals surface area contributed by atoms with Crippen molar-refractivity contribution in [2.24, 2.45) is 5.92 Å². The molecule has 0 aliphatic heterocycles. The van der Waals surface area contributed by atoms with Crippen LogP contribution in [0.5, 0.6) is 0 Å². The minimum absolute atomic E-state index is 0.299. The summed E-state index contributed by atoms with van der Waals surface area (Å²) in [5.74, 6) is 0.909. The van der Waals surface area contributed by atoms with Crippen molar-refractivity contribution in [3.05, 3.63) is 58.2 Å². The predicted octanol–water partition coefficient (Wildman–Crippen LogP) is 3.60. The molecule has 0 bridgehead atoms. The lowest BCUT2D eigenvalue weighted by molar-refractivity contribution is 0.220. The van der Waals surface area contributed by atoms with Gasteiger partial charge in [-0.15, -0.1) is 0 Å². The first kappa shape index (κ1) is 14.8. The highest BCUT2D eigenvalue weighted by Crippen LogP contribution is 2.28. The second-order valence-electron chi connectivity index (χ2n) is 5.37. The number of nitrogens with two attached hydrogens (primary N) is 1. The first-order valence-electron chi connectivity index (χ1n) is 6.65. The van der Waals surface area contributed by atoms with E-state index in [0.29, 0.717) is 22.3 Å².